The monoisotopic (exact) mass is 553 g/mol. The largest absolute Gasteiger partial charge is 0.393 e. The molecule has 3 nitrogen and oxygen atoms in total. The van der Waals surface area contributed by atoms with E-state index < -0.39 is 0 Å². The van der Waals surface area contributed by atoms with E-state index in [1.165, 1.54) is 17.2 Å². The molecular weight excluding hydrogens is 526 g/mol. The molecule has 0 bridgehead atoms. The molecule has 5 rings (SSSR count). The van der Waals surface area contributed by atoms with Crippen molar-refractivity contribution in [2.75, 3.05) is 0 Å². The number of hydrogen-bond acceptors (Lipinski definition) is 3. The summed E-state index contributed by atoms with van der Waals surface area (Å²) < 4.78 is 0. The molecule has 2 fully saturated rings. The number of fused-ring (bicyclic) bond motifs is 2. The molecule has 4 atom stereocenters. The number of aliphatic hydroxyl groups excluding tert-OH is 2. The molecule has 2 aliphatic carbocycles. The Morgan fingerprint density at radius 3 is 2.43 bits per heavy atom. The van der Waals surface area contributed by atoms with Crippen LogP contribution < -0.4 is 0 Å². The predicted molar refractivity (Wildman–Crippen MR) is 108 cm³/mol. The molecule has 0 amide bonds. The van der Waals surface area contributed by atoms with Gasteiger partial charge in [0.2, 0.25) is 0 Å². The van der Waals surface area contributed by atoms with Crippen LogP contribution >= 0.6 is 0 Å². The number of benzene rings is 2. The first-order valence-electron chi connectivity index (χ1n) is 9.91. The Labute approximate surface area is 180 Å². The van der Waals surface area contributed by atoms with E-state index in [0.29, 0.717) is 5.92 Å². The van der Waals surface area contributed by atoms with E-state index in [0.717, 1.165) is 36.9 Å². The van der Waals surface area contributed by atoms with Crippen LogP contribution in [0.5, 0.6) is 0 Å². The molecule has 2 saturated carbocycles. The van der Waals surface area contributed by atoms with Crippen molar-refractivity contribution in [3.63, 3.8) is 0 Å². The molecule has 0 saturated heterocycles. The third kappa shape index (κ3) is 4.52. The van der Waals surface area contributed by atoms with Crippen LogP contribution in [0.1, 0.15) is 32.1 Å². The third-order valence-corrected chi connectivity index (χ3v) is 5.98. The van der Waals surface area contributed by atoms with Crippen molar-refractivity contribution in [3.8, 4) is 11.3 Å². The first-order chi connectivity index (χ1) is 13.2. The van der Waals surface area contributed by atoms with Gasteiger partial charge in [0.1, 0.15) is 0 Å². The van der Waals surface area contributed by atoms with Crippen LogP contribution in [0.25, 0.3) is 22.0 Å². The zero-order valence-electron chi connectivity index (χ0n) is 15.8. The van der Waals surface area contributed by atoms with Crippen molar-refractivity contribution in [2.45, 2.75) is 44.3 Å². The summed E-state index contributed by atoms with van der Waals surface area (Å²) in [7, 11) is 0. The minimum absolute atomic E-state index is 0. The molecule has 4 unspecified atom stereocenters. The van der Waals surface area contributed by atoms with Crippen molar-refractivity contribution < 1.29 is 30.3 Å². The maximum atomic E-state index is 9.59. The smallest absolute Gasteiger partial charge is 0.0595 e. The summed E-state index contributed by atoms with van der Waals surface area (Å²) in [5.41, 5.74) is 2.04. The Bertz CT molecular complexity index is 879. The van der Waals surface area contributed by atoms with E-state index in [9.17, 15) is 10.2 Å². The normalized spacial score (nSPS) is 25.9. The summed E-state index contributed by atoms with van der Waals surface area (Å²) in [5.74, 6) is 0.831. The first kappa shape index (κ1) is 21.1. The predicted octanol–water partition coefficient (Wildman–Crippen LogP) is 4.62. The van der Waals surface area contributed by atoms with Gasteiger partial charge < -0.3 is 15.2 Å². The van der Waals surface area contributed by atoms with Crippen molar-refractivity contribution in [1.82, 2.24) is 4.98 Å². The SMILES string of the molecule is OC1CCCC2CCC(O)C12.[Ir].[c-]1ccccc1-c1nccc2ccccc12. The summed E-state index contributed by atoms with van der Waals surface area (Å²) in [6.07, 6.45) is 6.72. The molecule has 3 aromatic rings. The van der Waals surface area contributed by atoms with Gasteiger partial charge >= 0.3 is 0 Å². The van der Waals surface area contributed by atoms with Crippen LogP contribution in [-0.2, 0) is 20.1 Å². The molecule has 1 aromatic heterocycles. The first-order valence-corrected chi connectivity index (χ1v) is 9.91. The fraction of sp³-hybridized carbons (Fsp3) is 0.375. The molecule has 0 aliphatic heterocycles. The van der Waals surface area contributed by atoms with E-state index in [-0.39, 0.29) is 38.2 Å². The number of nitrogens with zero attached hydrogens (tertiary/aromatic N) is 1. The summed E-state index contributed by atoms with van der Waals surface area (Å²) in [4.78, 5) is 4.45. The van der Waals surface area contributed by atoms with Crippen LogP contribution in [0.15, 0.2) is 60.8 Å². The minimum atomic E-state index is -0.216. The molecule has 28 heavy (non-hydrogen) atoms. The van der Waals surface area contributed by atoms with Gasteiger partial charge in [0.05, 0.1) is 12.2 Å². The fourth-order valence-corrected chi connectivity index (χ4v) is 4.65. The number of pyridine rings is 1. The second-order valence-corrected chi connectivity index (χ2v) is 7.64. The van der Waals surface area contributed by atoms with Crippen LogP contribution in [0.2, 0.25) is 0 Å². The topological polar surface area (TPSA) is 53.4 Å². The van der Waals surface area contributed by atoms with E-state index in [1.807, 2.05) is 48.7 Å². The van der Waals surface area contributed by atoms with Gasteiger partial charge in [-0.15, -0.1) is 35.9 Å². The standard InChI is InChI=1S/C15H10N.C9H16O2.Ir/c1-2-7-13(8-3-1)15-14-9-5-4-6-12(14)10-11-16-15;10-7-3-1-2-6-4-5-8(11)9(6)7;/h1-7,9-11H;6-11H,1-5H2;/q-1;;. The van der Waals surface area contributed by atoms with E-state index in [2.05, 4.69) is 23.2 Å². The molecule has 4 heteroatoms. The van der Waals surface area contributed by atoms with Crippen LogP contribution in [0.3, 0.4) is 0 Å². The second-order valence-electron chi connectivity index (χ2n) is 7.64. The number of aromatic nitrogens is 1. The Balaban J connectivity index is 0.000000165. The summed E-state index contributed by atoms with van der Waals surface area (Å²) in [6, 6.07) is 21.4. The van der Waals surface area contributed by atoms with Crippen LogP contribution in [0.4, 0.5) is 0 Å². The van der Waals surface area contributed by atoms with Crippen molar-refractivity contribution in [2.24, 2.45) is 11.8 Å². The van der Waals surface area contributed by atoms with Gasteiger partial charge in [-0.3, -0.25) is 0 Å². The summed E-state index contributed by atoms with van der Waals surface area (Å²) in [5, 5.41) is 21.5. The molecule has 149 valence electrons. The van der Waals surface area contributed by atoms with Crippen LogP contribution in [0, 0.1) is 17.9 Å². The van der Waals surface area contributed by atoms with Gasteiger partial charge in [-0.05, 0) is 54.1 Å². The summed E-state index contributed by atoms with van der Waals surface area (Å²) >= 11 is 0. The van der Waals surface area contributed by atoms with Crippen molar-refractivity contribution >= 4 is 10.8 Å². The van der Waals surface area contributed by atoms with E-state index in [4.69, 9.17) is 0 Å². The quantitative estimate of drug-likeness (QED) is 0.434. The molecule has 2 aromatic carbocycles. The number of aliphatic hydroxyl groups is 2. The zero-order valence-corrected chi connectivity index (χ0v) is 18.2. The third-order valence-electron chi connectivity index (χ3n) is 5.98. The molecule has 1 heterocycles. The second kappa shape index (κ2) is 9.75. The van der Waals surface area contributed by atoms with Gasteiger partial charge in [-0.2, -0.15) is 0 Å². The fourth-order valence-electron chi connectivity index (χ4n) is 4.65. The van der Waals surface area contributed by atoms with Crippen LogP contribution in [-0.4, -0.2) is 27.4 Å². The maximum Gasteiger partial charge on any atom is 0.0595 e. The maximum absolute atomic E-state index is 9.59. The Morgan fingerprint density at radius 2 is 1.64 bits per heavy atom. The summed E-state index contributed by atoms with van der Waals surface area (Å²) in [6.45, 7) is 0. The van der Waals surface area contributed by atoms with Gasteiger partial charge in [0.25, 0.3) is 0 Å². The van der Waals surface area contributed by atoms with Gasteiger partial charge in [0, 0.05) is 32.2 Å². The van der Waals surface area contributed by atoms with E-state index in [1.54, 1.807) is 0 Å². The Morgan fingerprint density at radius 1 is 0.857 bits per heavy atom. The average Bonchev–Trinajstić information content (AvgIpc) is 3.11. The van der Waals surface area contributed by atoms with E-state index >= 15 is 0 Å². The van der Waals surface area contributed by atoms with Crippen molar-refractivity contribution in [3.05, 3.63) is 66.9 Å². The molecule has 1 radical (unpaired) electrons. The number of hydrogen-bond donors (Lipinski definition) is 2. The van der Waals surface area contributed by atoms with Gasteiger partial charge in [0.15, 0.2) is 0 Å². The number of rotatable bonds is 1. The molecular formula is C24H26IrNO2-. The van der Waals surface area contributed by atoms with Gasteiger partial charge in [-0.25, -0.2) is 0 Å². The Hall–Kier alpha value is -1.58. The van der Waals surface area contributed by atoms with Gasteiger partial charge in [-0.1, -0.05) is 30.7 Å². The van der Waals surface area contributed by atoms with Crippen molar-refractivity contribution in [1.29, 1.82) is 0 Å². The Kier molecular flexibility index (Phi) is 7.36. The minimum Gasteiger partial charge on any atom is -0.393 e. The molecule has 2 aliphatic rings. The molecule has 2 N–H and O–H groups in total. The average molecular weight is 553 g/mol. The molecule has 0 spiro atoms. The zero-order chi connectivity index (χ0) is 18.6.